The Morgan fingerprint density at radius 3 is 2.25 bits per heavy atom. The van der Waals surface area contributed by atoms with E-state index in [0.29, 0.717) is 5.56 Å². The van der Waals surface area contributed by atoms with Crippen LogP contribution in [-0.2, 0) is 0 Å². The van der Waals surface area contributed by atoms with Crippen LogP contribution in [0.2, 0.25) is 0 Å². The normalized spacial score (nSPS) is 14.3. The lowest BCUT2D eigenvalue weighted by molar-refractivity contribution is 0.464. The summed E-state index contributed by atoms with van der Waals surface area (Å²) in [7, 11) is 0. The lowest BCUT2D eigenvalue weighted by Gasteiger charge is -2.20. The highest BCUT2D eigenvalue weighted by Crippen LogP contribution is 2.25. The van der Waals surface area contributed by atoms with Gasteiger partial charge in [-0.25, -0.2) is 8.78 Å². The second kappa shape index (κ2) is 5.75. The fourth-order valence-electron chi connectivity index (χ4n) is 2.42. The van der Waals surface area contributed by atoms with Gasteiger partial charge in [0.1, 0.15) is 11.5 Å². The van der Waals surface area contributed by atoms with Crippen LogP contribution in [0.5, 0.6) is 0 Å². The Labute approximate surface area is 117 Å². The van der Waals surface area contributed by atoms with Gasteiger partial charge in [0.15, 0.2) is 11.6 Å². The molecule has 2 unspecified atom stereocenters. The lowest BCUT2D eigenvalue weighted by atomic mass is 10.0. The fourth-order valence-corrected chi connectivity index (χ4v) is 2.42. The molecule has 20 heavy (non-hydrogen) atoms. The van der Waals surface area contributed by atoms with Crippen molar-refractivity contribution >= 4 is 0 Å². The van der Waals surface area contributed by atoms with Gasteiger partial charge in [-0.15, -0.1) is 0 Å². The Balaban J connectivity index is 2.12. The zero-order chi connectivity index (χ0) is 14.9. The Bertz CT molecular complexity index is 607. The molecule has 2 rings (SSSR count). The van der Waals surface area contributed by atoms with Gasteiger partial charge in [-0.05, 0) is 51.5 Å². The number of aryl methyl sites for hydroxylation is 2. The molecule has 0 fully saturated rings. The minimum Gasteiger partial charge on any atom is -0.466 e. The molecule has 0 amide bonds. The molecule has 108 valence electrons. The number of halogens is 2. The van der Waals surface area contributed by atoms with E-state index < -0.39 is 11.6 Å². The number of hydrogen-bond donors (Lipinski definition) is 1. The minimum atomic E-state index is -0.824. The van der Waals surface area contributed by atoms with Gasteiger partial charge in [-0.2, -0.15) is 0 Å². The average molecular weight is 279 g/mol. The van der Waals surface area contributed by atoms with Crippen molar-refractivity contribution in [3.8, 4) is 0 Å². The lowest BCUT2D eigenvalue weighted by Crippen LogP contribution is -2.22. The van der Waals surface area contributed by atoms with Crippen LogP contribution in [0.25, 0.3) is 0 Å². The molecule has 0 saturated heterocycles. The third-order valence-electron chi connectivity index (χ3n) is 3.49. The third kappa shape index (κ3) is 3.07. The van der Waals surface area contributed by atoms with Gasteiger partial charge in [0.25, 0.3) is 0 Å². The first kappa shape index (κ1) is 14.7. The van der Waals surface area contributed by atoms with Gasteiger partial charge in [-0.3, -0.25) is 0 Å². The van der Waals surface area contributed by atoms with E-state index >= 15 is 0 Å². The predicted molar refractivity (Wildman–Crippen MR) is 74.5 cm³/mol. The summed E-state index contributed by atoms with van der Waals surface area (Å²) in [5, 5.41) is 3.36. The molecule has 0 spiro atoms. The van der Waals surface area contributed by atoms with Crippen LogP contribution in [-0.4, -0.2) is 0 Å². The van der Waals surface area contributed by atoms with Gasteiger partial charge in [-0.1, -0.05) is 6.07 Å². The van der Waals surface area contributed by atoms with Crippen LogP contribution >= 0.6 is 0 Å². The van der Waals surface area contributed by atoms with E-state index in [4.69, 9.17) is 4.42 Å². The van der Waals surface area contributed by atoms with Crippen molar-refractivity contribution in [1.82, 2.24) is 5.32 Å². The minimum absolute atomic E-state index is 0.0653. The number of hydrogen-bond acceptors (Lipinski definition) is 2. The van der Waals surface area contributed by atoms with E-state index in [9.17, 15) is 8.78 Å². The molecule has 1 N–H and O–H groups in total. The van der Waals surface area contributed by atoms with Crippen LogP contribution < -0.4 is 5.32 Å². The molecule has 1 heterocycles. The summed E-state index contributed by atoms with van der Waals surface area (Å²) >= 11 is 0. The first-order valence-corrected chi connectivity index (χ1v) is 6.66. The number of furan rings is 1. The first-order chi connectivity index (χ1) is 9.38. The zero-order valence-corrected chi connectivity index (χ0v) is 12.1. The van der Waals surface area contributed by atoms with Crippen molar-refractivity contribution < 1.29 is 13.2 Å². The third-order valence-corrected chi connectivity index (χ3v) is 3.49. The van der Waals surface area contributed by atoms with Gasteiger partial charge < -0.3 is 9.73 Å². The van der Waals surface area contributed by atoms with E-state index in [2.05, 4.69) is 5.32 Å². The van der Waals surface area contributed by atoms with Crippen molar-refractivity contribution in [3.63, 3.8) is 0 Å². The van der Waals surface area contributed by atoms with Gasteiger partial charge in [0.2, 0.25) is 0 Å². The van der Waals surface area contributed by atoms with E-state index in [1.54, 1.807) is 6.07 Å². The van der Waals surface area contributed by atoms with Crippen LogP contribution in [0.3, 0.4) is 0 Å². The molecule has 0 saturated carbocycles. The molecule has 0 radical (unpaired) electrons. The largest absolute Gasteiger partial charge is 0.466 e. The molecule has 0 aliphatic rings. The molecule has 1 aromatic carbocycles. The van der Waals surface area contributed by atoms with E-state index in [0.717, 1.165) is 23.2 Å². The Hall–Kier alpha value is -1.68. The zero-order valence-electron chi connectivity index (χ0n) is 12.1. The first-order valence-electron chi connectivity index (χ1n) is 6.66. The quantitative estimate of drug-likeness (QED) is 0.885. The monoisotopic (exact) mass is 279 g/mol. The van der Waals surface area contributed by atoms with E-state index in [1.807, 2.05) is 33.8 Å². The summed E-state index contributed by atoms with van der Waals surface area (Å²) < 4.78 is 31.7. The van der Waals surface area contributed by atoms with Gasteiger partial charge in [0, 0.05) is 17.6 Å². The van der Waals surface area contributed by atoms with Crippen molar-refractivity contribution in [2.24, 2.45) is 0 Å². The summed E-state index contributed by atoms with van der Waals surface area (Å²) in [6, 6.07) is 5.94. The molecule has 0 aliphatic heterocycles. The predicted octanol–water partition coefficient (Wildman–Crippen LogP) is 4.59. The molecular weight excluding hydrogens is 260 g/mol. The van der Waals surface area contributed by atoms with Crippen LogP contribution in [0, 0.1) is 25.5 Å². The van der Waals surface area contributed by atoms with E-state index in [1.165, 1.54) is 6.07 Å². The summed E-state index contributed by atoms with van der Waals surface area (Å²) in [5.74, 6) is 0.0982. The SMILES string of the molecule is Cc1cc(C(C)NC(C)c2ccc(F)c(F)c2)c(C)o1. The highest BCUT2D eigenvalue weighted by atomic mass is 19.2. The summed E-state index contributed by atoms with van der Waals surface area (Å²) in [6.45, 7) is 7.77. The second-order valence-electron chi connectivity index (χ2n) is 5.15. The molecule has 2 aromatic rings. The maximum absolute atomic E-state index is 13.2. The Morgan fingerprint density at radius 1 is 1.00 bits per heavy atom. The maximum Gasteiger partial charge on any atom is 0.159 e. The molecule has 4 heteroatoms. The fraction of sp³-hybridized carbons (Fsp3) is 0.375. The van der Waals surface area contributed by atoms with Crippen LogP contribution in [0.15, 0.2) is 28.7 Å². The maximum atomic E-state index is 13.2. The molecule has 0 bridgehead atoms. The summed E-state index contributed by atoms with van der Waals surface area (Å²) in [5.41, 5.74) is 1.80. The Kier molecular flexibility index (Phi) is 4.23. The average Bonchev–Trinajstić information content (AvgIpc) is 2.71. The molecule has 0 aliphatic carbocycles. The summed E-state index contributed by atoms with van der Waals surface area (Å²) in [4.78, 5) is 0. The molecular formula is C16H19F2NO. The second-order valence-corrected chi connectivity index (χ2v) is 5.15. The highest BCUT2D eigenvalue weighted by molar-refractivity contribution is 5.25. The Morgan fingerprint density at radius 2 is 1.70 bits per heavy atom. The van der Waals surface area contributed by atoms with Crippen LogP contribution in [0.1, 0.15) is 48.6 Å². The highest BCUT2D eigenvalue weighted by Gasteiger charge is 2.16. The molecule has 1 aromatic heterocycles. The number of benzene rings is 1. The number of nitrogens with one attached hydrogen (secondary N) is 1. The van der Waals surface area contributed by atoms with Crippen molar-refractivity contribution in [1.29, 1.82) is 0 Å². The van der Waals surface area contributed by atoms with Crippen molar-refractivity contribution in [3.05, 3.63) is 58.5 Å². The van der Waals surface area contributed by atoms with Crippen molar-refractivity contribution in [2.75, 3.05) is 0 Å². The number of rotatable bonds is 4. The van der Waals surface area contributed by atoms with Gasteiger partial charge >= 0.3 is 0 Å². The van der Waals surface area contributed by atoms with Crippen LogP contribution in [0.4, 0.5) is 8.78 Å². The molecule has 2 nitrogen and oxygen atoms in total. The standard InChI is InChI=1S/C16H19F2NO/c1-9-7-14(12(4)20-9)11(3)19-10(2)13-5-6-15(17)16(18)8-13/h5-8,10-11,19H,1-4H3. The van der Waals surface area contributed by atoms with E-state index in [-0.39, 0.29) is 12.1 Å². The van der Waals surface area contributed by atoms with Crippen molar-refractivity contribution in [2.45, 2.75) is 39.8 Å². The topological polar surface area (TPSA) is 25.2 Å². The summed E-state index contributed by atoms with van der Waals surface area (Å²) in [6.07, 6.45) is 0. The molecule has 2 atom stereocenters. The smallest absolute Gasteiger partial charge is 0.159 e. The van der Waals surface area contributed by atoms with Gasteiger partial charge in [0.05, 0.1) is 0 Å².